The quantitative estimate of drug-likeness (QED) is 0.899. The number of methoxy groups -OCH3 is 1. The molecule has 5 heteroatoms. The minimum atomic E-state index is -0.0490. The van der Waals surface area contributed by atoms with E-state index < -0.39 is 0 Å². The standard InChI is InChI=1S/C13H17N3OS/c1-3-12-13(18-16-15-12)11(14)8-9-5-4-6-10(7-9)17-2/h4-7,11H,3,8,14H2,1-2H3. The van der Waals surface area contributed by atoms with Crippen LogP contribution in [0.4, 0.5) is 0 Å². The van der Waals surface area contributed by atoms with Gasteiger partial charge in [0.2, 0.25) is 0 Å². The van der Waals surface area contributed by atoms with Gasteiger partial charge in [-0.3, -0.25) is 0 Å². The molecule has 1 aromatic carbocycles. The van der Waals surface area contributed by atoms with Crippen molar-refractivity contribution in [1.82, 2.24) is 9.59 Å². The van der Waals surface area contributed by atoms with Crippen LogP contribution in [0.3, 0.4) is 0 Å². The number of hydrogen-bond acceptors (Lipinski definition) is 5. The third-order valence-electron chi connectivity index (χ3n) is 2.85. The highest BCUT2D eigenvalue weighted by atomic mass is 32.1. The van der Waals surface area contributed by atoms with Gasteiger partial charge in [-0.2, -0.15) is 0 Å². The van der Waals surface area contributed by atoms with Crippen LogP contribution in [0.25, 0.3) is 0 Å². The zero-order valence-corrected chi connectivity index (χ0v) is 11.4. The predicted molar refractivity (Wildman–Crippen MR) is 72.9 cm³/mol. The summed E-state index contributed by atoms with van der Waals surface area (Å²) in [5, 5.41) is 4.09. The van der Waals surface area contributed by atoms with Gasteiger partial charge >= 0.3 is 0 Å². The maximum absolute atomic E-state index is 6.23. The molecule has 1 heterocycles. The second-order valence-corrected chi connectivity index (χ2v) is 4.89. The minimum Gasteiger partial charge on any atom is -0.497 e. The van der Waals surface area contributed by atoms with E-state index in [0.717, 1.165) is 34.7 Å². The first-order chi connectivity index (χ1) is 8.74. The fourth-order valence-corrected chi connectivity index (χ4v) is 2.62. The fraction of sp³-hybridized carbons (Fsp3) is 0.385. The molecule has 0 spiro atoms. The Balaban J connectivity index is 2.13. The molecule has 1 atom stereocenters. The van der Waals surface area contributed by atoms with Gasteiger partial charge < -0.3 is 10.5 Å². The van der Waals surface area contributed by atoms with E-state index in [0.29, 0.717) is 0 Å². The molecule has 0 radical (unpaired) electrons. The van der Waals surface area contributed by atoms with Crippen LogP contribution < -0.4 is 10.5 Å². The van der Waals surface area contributed by atoms with E-state index in [9.17, 15) is 0 Å². The smallest absolute Gasteiger partial charge is 0.119 e. The van der Waals surface area contributed by atoms with E-state index >= 15 is 0 Å². The largest absolute Gasteiger partial charge is 0.497 e. The fourth-order valence-electron chi connectivity index (χ4n) is 1.89. The summed E-state index contributed by atoms with van der Waals surface area (Å²) in [7, 11) is 1.67. The van der Waals surface area contributed by atoms with Gasteiger partial charge in [-0.05, 0) is 42.1 Å². The maximum Gasteiger partial charge on any atom is 0.119 e. The Kier molecular flexibility index (Phi) is 4.28. The van der Waals surface area contributed by atoms with Crippen LogP contribution >= 0.6 is 11.5 Å². The zero-order valence-electron chi connectivity index (χ0n) is 10.6. The number of hydrogen-bond donors (Lipinski definition) is 1. The number of aromatic nitrogens is 2. The van der Waals surface area contributed by atoms with Crippen molar-refractivity contribution in [2.24, 2.45) is 5.73 Å². The van der Waals surface area contributed by atoms with Gasteiger partial charge in [-0.25, -0.2) is 0 Å². The van der Waals surface area contributed by atoms with Crippen molar-refractivity contribution in [3.63, 3.8) is 0 Å². The van der Waals surface area contributed by atoms with Gasteiger partial charge in [0.05, 0.1) is 17.7 Å². The summed E-state index contributed by atoms with van der Waals surface area (Å²) in [6, 6.07) is 7.93. The van der Waals surface area contributed by atoms with E-state index in [4.69, 9.17) is 10.5 Å². The Labute approximate surface area is 111 Å². The second kappa shape index (κ2) is 5.93. The summed E-state index contributed by atoms with van der Waals surface area (Å²) in [5.74, 6) is 0.859. The van der Waals surface area contributed by atoms with Crippen LogP contribution in [0, 0.1) is 0 Å². The lowest BCUT2D eigenvalue weighted by atomic mass is 10.0. The molecule has 18 heavy (non-hydrogen) atoms. The molecule has 0 fully saturated rings. The van der Waals surface area contributed by atoms with Crippen molar-refractivity contribution in [2.45, 2.75) is 25.8 Å². The number of nitrogens with two attached hydrogens (primary N) is 1. The molecule has 0 aliphatic rings. The maximum atomic E-state index is 6.23. The van der Waals surface area contributed by atoms with Crippen molar-refractivity contribution in [1.29, 1.82) is 0 Å². The van der Waals surface area contributed by atoms with Crippen molar-refractivity contribution >= 4 is 11.5 Å². The van der Waals surface area contributed by atoms with Crippen LogP contribution in [0.1, 0.15) is 29.1 Å². The molecule has 96 valence electrons. The third-order valence-corrected chi connectivity index (χ3v) is 3.74. The van der Waals surface area contributed by atoms with Crippen LogP contribution in [-0.4, -0.2) is 16.7 Å². The molecule has 0 saturated heterocycles. The summed E-state index contributed by atoms with van der Waals surface area (Å²) in [6.45, 7) is 2.07. The molecule has 2 N–H and O–H groups in total. The Morgan fingerprint density at radius 3 is 3.00 bits per heavy atom. The SMILES string of the molecule is CCc1nnsc1C(N)Cc1cccc(OC)c1. The summed E-state index contributed by atoms with van der Waals surface area (Å²) in [4.78, 5) is 1.08. The molecule has 4 nitrogen and oxygen atoms in total. The van der Waals surface area contributed by atoms with Gasteiger partial charge in [-0.15, -0.1) is 5.10 Å². The molecule has 0 aliphatic carbocycles. The van der Waals surface area contributed by atoms with Crippen molar-refractivity contribution < 1.29 is 4.74 Å². The lowest BCUT2D eigenvalue weighted by Gasteiger charge is -2.11. The van der Waals surface area contributed by atoms with Crippen molar-refractivity contribution in [3.05, 3.63) is 40.4 Å². The van der Waals surface area contributed by atoms with Crippen LogP contribution in [0.15, 0.2) is 24.3 Å². The van der Waals surface area contributed by atoms with Crippen LogP contribution in [-0.2, 0) is 12.8 Å². The first kappa shape index (κ1) is 13.0. The van der Waals surface area contributed by atoms with Gasteiger partial charge in [0.25, 0.3) is 0 Å². The first-order valence-electron chi connectivity index (χ1n) is 5.94. The molecule has 0 amide bonds. The van der Waals surface area contributed by atoms with Gasteiger partial charge in [-0.1, -0.05) is 23.5 Å². The lowest BCUT2D eigenvalue weighted by Crippen LogP contribution is -2.13. The Morgan fingerprint density at radius 1 is 1.44 bits per heavy atom. The summed E-state index contributed by atoms with van der Waals surface area (Å²) in [5.41, 5.74) is 8.40. The highest BCUT2D eigenvalue weighted by Gasteiger charge is 2.15. The Bertz CT molecular complexity index is 512. The molecule has 2 aromatic rings. The number of ether oxygens (including phenoxy) is 1. The average Bonchev–Trinajstić information content (AvgIpc) is 2.87. The Morgan fingerprint density at radius 2 is 2.28 bits per heavy atom. The molecule has 0 aliphatic heterocycles. The molecule has 0 bridgehead atoms. The number of rotatable bonds is 5. The summed E-state index contributed by atoms with van der Waals surface area (Å²) < 4.78 is 9.19. The number of aryl methyl sites for hydroxylation is 1. The van der Waals surface area contributed by atoms with E-state index in [1.165, 1.54) is 11.5 Å². The second-order valence-electron chi connectivity index (χ2n) is 4.10. The number of benzene rings is 1. The molecular weight excluding hydrogens is 246 g/mol. The molecule has 2 rings (SSSR count). The van der Waals surface area contributed by atoms with Crippen molar-refractivity contribution in [3.8, 4) is 5.75 Å². The topological polar surface area (TPSA) is 61.0 Å². The predicted octanol–water partition coefficient (Wildman–Crippen LogP) is 2.35. The van der Waals surface area contributed by atoms with Crippen LogP contribution in [0.2, 0.25) is 0 Å². The highest BCUT2D eigenvalue weighted by Crippen LogP contribution is 2.23. The molecular formula is C13H17N3OS. The van der Waals surface area contributed by atoms with E-state index in [2.05, 4.69) is 22.6 Å². The molecule has 0 saturated carbocycles. The average molecular weight is 263 g/mol. The monoisotopic (exact) mass is 263 g/mol. The molecule has 1 unspecified atom stereocenters. The summed E-state index contributed by atoms with van der Waals surface area (Å²) >= 11 is 1.39. The normalized spacial score (nSPS) is 12.4. The van der Waals surface area contributed by atoms with E-state index in [1.807, 2.05) is 18.2 Å². The first-order valence-corrected chi connectivity index (χ1v) is 6.71. The minimum absolute atomic E-state index is 0.0490. The van der Waals surface area contributed by atoms with Gasteiger partial charge in [0.1, 0.15) is 5.75 Å². The highest BCUT2D eigenvalue weighted by molar-refractivity contribution is 7.05. The Hall–Kier alpha value is -1.46. The van der Waals surface area contributed by atoms with Crippen LogP contribution in [0.5, 0.6) is 5.75 Å². The van der Waals surface area contributed by atoms with Crippen molar-refractivity contribution in [2.75, 3.05) is 7.11 Å². The van der Waals surface area contributed by atoms with Gasteiger partial charge in [0, 0.05) is 6.04 Å². The van der Waals surface area contributed by atoms with Gasteiger partial charge in [0.15, 0.2) is 0 Å². The van der Waals surface area contributed by atoms with E-state index in [1.54, 1.807) is 7.11 Å². The third kappa shape index (κ3) is 2.86. The van der Waals surface area contributed by atoms with E-state index in [-0.39, 0.29) is 6.04 Å². The molecule has 1 aromatic heterocycles. The zero-order chi connectivity index (χ0) is 13.0. The number of nitrogens with zero attached hydrogens (tertiary/aromatic N) is 2. The summed E-state index contributed by atoms with van der Waals surface area (Å²) in [6.07, 6.45) is 1.64. The lowest BCUT2D eigenvalue weighted by molar-refractivity contribution is 0.414.